The second kappa shape index (κ2) is 6.30. The molecule has 2 heterocycles. The molecule has 0 unspecified atom stereocenters. The van der Waals surface area contributed by atoms with E-state index in [0.29, 0.717) is 5.56 Å². The molecule has 1 fully saturated rings. The molecular formula is C19H23N3O2. The SMILES string of the molecule is O=C(NCC(=O)N1CCCC1)c1ccc2[nH]c3c(c2c1)CCCC3. The number of H-pyrrole nitrogens is 1. The van der Waals surface area contributed by atoms with Gasteiger partial charge in [0.25, 0.3) is 5.91 Å². The van der Waals surface area contributed by atoms with E-state index in [9.17, 15) is 9.59 Å². The molecule has 0 bridgehead atoms. The van der Waals surface area contributed by atoms with Crippen LogP contribution in [0.3, 0.4) is 0 Å². The van der Waals surface area contributed by atoms with Gasteiger partial charge in [-0.1, -0.05) is 0 Å². The molecule has 1 aromatic heterocycles. The topological polar surface area (TPSA) is 65.2 Å². The van der Waals surface area contributed by atoms with Crippen LogP contribution in [0.2, 0.25) is 0 Å². The highest BCUT2D eigenvalue weighted by molar-refractivity contribution is 6.00. The zero-order valence-electron chi connectivity index (χ0n) is 13.9. The van der Waals surface area contributed by atoms with Crippen molar-refractivity contribution in [3.63, 3.8) is 0 Å². The average Bonchev–Trinajstić information content (AvgIpc) is 3.26. The van der Waals surface area contributed by atoms with Crippen LogP contribution >= 0.6 is 0 Å². The van der Waals surface area contributed by atoms with Crippen molar-refractivity contribution in [1.82, 2.24) is 15.2 Å². The number of likely N-dealkylation sites (tertiary alicyclic amines) is 1. The van der Waals surface area contributed by atoms with Crippen molar-refractivity contribution >= 4 is 22.7 Å². The van der Waals surface area contributed by atoms with E-state index >= 15 is 0 Å². The predicted octanol–water partition coefficient (Wildman–Crippen LogP) is 2.40. The molecule has 24 heavy (non-hydrogen) atoms. The summed E-state index contributed by atoms with van der Waals surface area (Å²) in [6.07, 6.45) is 6.74. The number of fused-ring (bicyclic) bond motifs is 3. The second-order valence-corrected chi connectivity index (χ2v) is 6.82. The van der Waals surface area contributed by atoms with Crippen LogP contribution in [-0.4, -0.2) is 41.3 Å². The molecule has 0 atom stereocenters. The van der Waals surface area contributed by atoms with E-state index in [1.54, 1.807) is 0 Å². The molecule has 2 aromatic rings. The quantitative estimate of drug-likeness (QED) is 0.910. The predicted molar refractivity (Wildman–Crippen MR) is 93.1 cm³/mol. The fourth-order valence-electron chi connectivity index (χ4n) is 3.88. The molecule has 1 saturated heterocycles. The minimum atomic E-state index is -0.171. The number of amides is 2. The standard InChI is InChI=1S/C19H23N3O2/c23-18(22-9-3-4-10-22)12-20-19(24)13-7-8-17-15(11-13)14-5-1-2-6-16(14)21-17/h7-8,11,21H,1-6,9-10,12H2,(H,20,24). The third kappa shape index (κ3) is 2.79. The Morgan fingerprint density at radius 1 is 1.08 bits per heavy atom. The molecule has 0 radical (unpaired) electrons. The molecule has 2 N–H and O–H groups in total. The summed E-state index contributed by atoms with van der Waals surface area (Å²) in [5.74, 6) is -0.156. The van der Waals surface area contributed by atoms with Crippen LogP contribution in [0, 0.1) is 0 Å². The summed E-state index contributed by atoms with van der Waals surface area (Å²) in [7, 11) is 0. The Morgan fingerprint density at radius 2 is 1.88 bits per heavy atom. The lowest BCUT2D eigenvalue weighted by molar-refractivity contribution is -0.129. The highest BCUT2D eigenvalue weighted by atomic mass is 16.2. The van der Waals surface area contributed by atoms with Crippen molar-refractivity contribution in [2.75, 3.05) is 19.6 Å². The van der Waals surface area contributed by atoms with Gasteiger partial charge in [0.1, 0.15) is 0 Å². The number of aromatic amines is 1. The van der Waals surface area contributed by atoms with Gasteiger partial charge in [-0.15, -0.1) is 0 Å². The lowest BCUT2D eigenvalue weighted by Gasteiger charge is -2.15. The van der Waals surface area contributed by atoms with E-state index in [-0.39, 0.29) is 18.4 Å². The van der Waals surface area contributed by atoms with E-state index < -0.39 is 0 Å². The Labute approximate surface area is 141 Å². The summed E-state index contributed by atoms with van der Waals surface area (Å²) in [5, 5.41) is 3.93. The zero-order valence-corrected chi connectivity index (χ0v) is 13.9. The summed E-state index contributed by atoms with van der Waals surface area (Å²) in [6.45, 7) is 1.72. The van der Waals surface area contributed by atoms with Crippen molar-refractivity contribution in [1.29, 1.82) is 0 Å². The summed E-state index contributed by atoms with van der Waals surface area (Å²) in [4.78, 5) is 29.8. The van der Waals surface area contributed by atoms with Crippen molar-refractivity contribution in [2.45, 2.75) is 38.5 Å². The highest BCUT2D eigenvalue weighted by Gasteiger charge is 2.19. The van der Waals surface area contributed by atoms with E-state index in [1.807, 2.05) is 23.1 Å². The van der Waals surface area contributed by atoms with Gasteiger partial charge in [0.2, 0.25) is 5.91 Å². The first-order chi connectivity index (χ1) is 11.7. The van der Waals surface area contributed by atoms with E-state index in [0.717, 1.165) is 49.7 Å². The molecule has 1 aliphatic carbocycles. The molecule has 5 nitrogen and oxygen atoms in total. The maximum atomic E-state index is 12.4. The number of hydrogen-bond donors (Lipinski definition) is 2. The van der Waals surface area contributed by atoms with Gasteiger partial charge in [-0.05, 0) is 62.3 Å². The largest absolute Gasteiger partial charge is 0.358 e. The van der Waals surface area contributed by atoms with Crippen LogP contribution in [0.1, 0.15) is 47.3 Å². The molecular weight excluding hydrogens is 302 g/mol. The van der Waals surface area contributed by atoms with Crippen LogP contribution < -0.4 is 5.32 Å². The fourth-order valence-corrected chi connectivity index (χ4v) is 3.88. The third-order valence-corrected chi connectivity index (χ3v) is 5.22. The van der Waals surface area contributed by atoms with Crippen LogP contribution in [0.4, 0.5) is 0 Å². The van der Waals surface area contributed by atoms with Crippen LogP contribution in [-0.2, 0) is 17.6 Å². The molecule has 0 saturated carbocycles. The Morgan fingerprint density at radius 3 is 2.71 bits per heavy atom. The van der Waals surface area contributed by atoms with Gasteiger partial charge >= 0.3 is 0 Å². The van der Waals surface area contributed by atoms with Gasteiger partial charge < -0.3 is 15.2 Å². The van der Waals surface area contributed by atoms with Crippen molar-refractivity contribution in [2.24, 2.45) is 0 Å². The van der Waals surface area contributed by atoms with E-state index in [1.165, 1.54) is 24.1 Å². The second-order valence-electron chi connectivity index (χ2n) is 6.82. The number of nitrogens with zero attached hydrogens (tertiary/aromatic N) is 1. The van der Waals surface area contributed by atoms with E-state index in [2.05, 4.69) is 10.3 Å². The number of carbonyl (C=O) groups excluding carboxylic acids is 2. The minimum Gasteiger partial charge on any atom is -0.358 e. The van der Waals surface area contributed by atoms with E-state index in [4.69, 9.17) is 0 Å². The smallest absolute Gasteiger partial charge is 0.251 e. The summed E-state index contributed by atoms with van der Waals surface area (Å²) < 4.78 is 0. The third-order valence-electron chi connectivity index (χ3n) is 5.22. The number of benzene rings is 1. The molecule has 126 valence electrons. The zero-order chi connectivity index (χ0) is 16.5. The lowest BCUT2D eigenvalue weighted by Crippen LogP contribution is -2.38. The molecule has 2 aliphatic rings. The molecule has 2 amide bonds. The van der Waals surface area contributed by atoms with Crippen molar-refractivity contribution in [3.8, 4) is 0 Å². The Balaban J connectivity index is 1.48. The van der Waals surface area contributed by atoms with Crippen LogP contribution in [0.25, 0.3) is 10.9 Å². The highest BCUT2D eigenvalue weighted by Crippen LogP contribution is 2.29. The van der Waals surface area contributed by atoms with Gasteiger partial charge in [0, 0.05) is 35.2 Å². The summed E-state index contributed by atoms with van der Waals surface area (Å²) >= 11 is 0. The normalized spacial score (nSPS) is 17.1. The molecule has 4 rings (SSSR count). The van der Waals surface area contributed by atoms with Gasteiger partial charge in [-0.25, -0.2) is 0 Å². The fraction of sp³-hybridized carbons (Fsp3) is 0.474. The van der Waals surface area contributed by atoms with Crippen LogP contribution in [0.5, 0.6) is 0 Å². The molecule has 5 heteroatoms. The number of rotatable bonds is 3. The van der Waals surface area contributed by atoms with Gasteiger partial charge in [-0.2, -0.15) is 0 Å². The first-order valence-electron chi connectivity index (χ1n) is 8.92. The number of nitrogens with one attached hydrogen (secondary N) is 2. The molecule has 1 aromatic carbocycles. The average molecular weight is 325 g/mol. The lowest BCUT2D eigenvalue weighted by atomic mass is 9.95. The van der Waals surface area contributed by atoms with Gasteiger partial charge in [-0.3, -0.25) is 9.59 Å². The Hall–Kier alpha value is -2.30. The minimum absolute atomic E-state index is 0.0148. The first kappa shape index (κ1) is 15.2. The maximum Gasteiger partial charge on any atom is 0.251 e. The Bertz CT molecular complexity index is 787. The molecule has 0 spiro atoms. The van der Waals surface area contributed by atoms with Gasteiger partial charge in [0.15, 0.2) is 0 Å². The number of aryl methyl sites for hydroxylation is 2. The number of carbonyl (C=O) groups is 2. The molecule has 1 aliphatic heterocycles. The van der Waals surface area contributed by atoms with Crippen molar-refractivity contribution in [3.05, 3.63) is 35.0 Å². The monoisotopic (exact) mass is 325 g/mol. The van der Waals surface area contributed by atoms with Crippen LogP contribution in [0.15, 0.2) is 18.2 Å². The van der Waals surface area contributed by atoms with Crippen molar-refractivity contribution < 1.29 is 9.59 Å². The maximum absolute atomic E-state index is 12.4. The summed E-state index contributed by atoms with van der Waals surface area (Å²) in [6, 6.07) is 5.77. The van der Waals surface area contributed by atoms with Gasteiger partial charge in [0.05, 0.1) is 6.54 Å². The number of aromatic nitrogens is 1. The number of hydrogen-bond acceptors (Lipinski definition) is 2. The summed E-state index contributed by atoms with van der Waals surface area (Å²) in [5.41, 5.74) is 4.41. The first-order valence-corrected chi connectivity index (χ1v) is 8.92. The Kier molecular flexibility index (Phi) is 4.00.